The summed E-state index contributed by atoms with van der Waals surface area (Å²) in [6.07, 6.45) is 2.98. The van der Waals surface area contributed by atoms with E-state index < -0.39 is 0 Å². The average Bonchev–Trinajstić information content (AvgIpc) is 2.35. The van der Waals surface area contributed by atoms with E-state index in [9.17, 15) is 4.79 Å². The van der Waals surface area contributed by atoms with Crippen LogP contribution < -0.4 is 5.32 Å². The topological polar surface area (TPSA) is 38.3 Å². The van der Waals surface area contributed by atoms with Crippen molar-refractivity contribution in [2.24, 2.45) is 0 Å². The Morgan fingerprint density at radius 1 is 1.38 bits per heavy atom. The lowest BCUT2D eigenvalue weighted by Crippen LogP contribution is -2.25. The smallest absolute Gasteiger partial charge is 0.319 e. The quantitative estimate of drug-likeness (QED) is 0.466. The molecule has 0 aromatic heterocycles. The molecule has 1 aromatic carbocycles. The molecule has 0 saturated heterocycles. The molecule has 0 bridgehead atoms. The molecule has 0 radical (unpaired) electrons. The van der Waals surface area contributed by atoms with E-state index in [1.807, 2.05) is 0 Å². The molecule has 4 heteroatoms. The predicted molar refractivity (Wildman–Crippen MR) is 66.8 cm³/mol. The molecule has 0 saturated carbocycles. The minimum atomic E-state index is -0.224. The molecular weight excluding hydrogens is 222 g/mol. The van der Waals surface area contributed by atoms with Crippen molar-refractivity contribution in [2.75, 3.05) is 26.5 Å². The van der Waals surface area contributed by atoms with Crippen molar-refractivity contribution in [1.29, 1.82) is 0 Å². The van der Waals surface area contributed by atoms with Crippen LogP contribution in [0.2, 0.25) is 0 Å². The van der Waals surface area contributed by atoms with E-state index >= 15 is 0 Å². The summed E-state index contributed by atoms with van der Waals surface area (Å²) < 4.78 is 4.53. The first-order valence-corrected chi connectivity index (χ1v) is 6.39. The van der Waals surface area contributed by atoms with Crippen molar-refractivity contribution in [2.45, 2.75) is 11.3 Å². The van der Waals surface area contributed by atoms with E-state index in [2.05, 4.69) is 40.6 Å². The van der Waals surface area contributed by atoms with E-state index in [1.54, 1.807) is 11.8 Å². The monoisotopic (exact) mass is 239 g/mol. The van der Waals surface area contributed by atoms with Gasteiger partial charge in [-0.15, -0.1) is 11.8 Å². The Hall–Kier alpha value is -1.00. The highest BCUT2D eigenvalue weighted by atomic mass is 32.2. The van der Waals surface area contributed by atoms with Gasteiger partial charge in [-0.1, -0.05) is 12.1 Å². The third-order valence-corrected chi connectivity index (χ3v) is 2.99. The summed E-state index contributed by atoms with van der Waals surface area (Å²) in [4.78, 5) is 12.1. The minimum absolute atomic E-state index is 0.224. The third-order valence-electron chi connectivity index (χ3n) is 2.25. The van der Waals surface area contributed by atoms with Gasteiger partial charge in [0.15, 0.2) is 0 Å². The van der Waals surface area contributed by atoms with Gasteiger partial charge in [0.1, 0.15) is 0 Å². The summed E-state index contributed by atoms with van der Waals surface area (Å²) >= 11 is 1.74. The second-order valence-electron chi connectivity index (χ2n) is 3.35. The van der Waals surface area contributed by atoms with Crippen LogP contribution >= 0.6 is 11.8 Å². The molecular formula is C12H17NO2S. The van der Waals surface area contributed by atoms with Crippen LogP contribution in [0.5, 0.6) is 0 Å². The molecule has 3 nitrogen and oxygen atoms in total. The highest BCUT2D eigenvalue weighted by molar-refractivity contribution is 7.98. The summed E-state index contributed by atoms with van der Waals surface area (Å²) in [6, 6.07) is 8.46. The van der Waals surface area contributed by atoms with Crippen LogP contribution in [0.3, 0.4) is 0 Å². The van der Waals surface area contributed by atoms with Crippen LogP contribution in [0.4, 0.5) is 0 Å². The zero-order valence-corrected chi connectivity index (χ0v) is 10.5. The number of rotatable bonds is 6. The number of carbonyl (C=O) groups is 1. The molecule has 0 aliphatic heterocycles. The van der Waals surface area contributed by atoms with Crippen molar-refractivity contribution >= 4 is 17.7 Å². The number of esters is 1. The van der Waals surface area contributed by atoms with Crippen molar-refractivity contribution in [3.8, 4) is 0 Å². The number of thioether (sulfide) groups is 1. The Morgan fingerprint density at radius 3 is 2.62 bits per heavy atom. The Labute approximate surface area is 101 Å². The second-order valence-corrected chi connectivity index (χ2v) is 4.23. The first-order valence-electron chi connectivity index (χ1n) is 5.16. The van der Waals surface area contributed by atoms with Crippen molar-refractivity contribution in [1.82, 2.24) is 5.32 Å². The zero-order chi connectivity index (χ0) is 11.8. The van der Waals surface area contributed by atoms with Crippen LogP contribution in [0, 0.1) is 0 Å². The average molecular weight is 239 g/mol. The number of ether oxygens (including phenoxy) is 1. The van der Waals surface area contributed by atoms with Crippen LogP contribution in [0.1, 0.15) is 5.56 Å². The molecule has 0 heterocycles. The minimum Gasteiger partial charge on any atom is -0.468 e. The number of hydrogen-bond acceptors (Lipinski definition) is 4. The van der Waals surface area contributed by atoms with Crippen LogP contribution in [-0.4, -0.2) is 32.4 Å². The van der Waals surface area contributed by atoms with Crippen LogP contribution in [0.15, 0.2) is 29.2 Å². The van der Waals surface area contributed by atoms with Crippen molar-refractivity contribution in [3.63, 3.8) is 0 Å². The number of nitrogens with one attached hydrogen (secondary N) is 1. The van der Waals surface area contributed by atoms with Gasteiger partial charge in [-0.3, -0.25) is 4.79 Å². The first-order chi connectivity index (χ1) is 7.76. The summed E-state index contributed by atoms with van der Waals surface area (Å²) in [5, 5.41) is 3.03. The summed E-state index contributed by atoms with van der Waals surface area (Å²) in [6.45, 7) is 1.06. The van der Waals surface area contributed by atoms with Gasteiger partial charge in [0.25, 0.3) is 0 Å². The second kappa shape index (κ2) is 7.30. The molecule has 0 atom stereocenters. The lowest BCUT2D eigenvalue weighted by atomic mass is 10.1. The summed E-state index contributed by atoms with van der Waals surface area (Å²) in [7, 11) is 1.39. The Kier molecular flexibility index (Phi) is 5.96. The molecule has 1 aromatic rings. The van der Waals surface area contributed by atoms with Crippen LogP contribution in [-0.2, 0) is 16.0 Å². The predicted octanol–water partition coefficient (Wildman–Crippen LogP) is 1.71. The van der Waals surface area contributed by atoms with Gasteiger partial charge in [0.05, 0.1) is 13.7 Å². The summed E-state index contributed by atoms with van der Waals surface area (Å²) in [5.41, 5.74) is 1.27. The molecule has 0 aliphatic carbocycles. The largest absolute Gasteiger partial charge is 0.468 e. The van der Waals surface area contributed by atoms with E-state index in [0.29, 0.717) is 0 Å². The Morgan fingerprint density at radius 2 is 2.06 bits per heavy atom. The van der Waals surface area contributed by atoms with Gasteiger partial charge in [0.2, 0.25) is 0 Å². The molecule has 1 N–H and O–H groups in total. The lowest BCUT2D eigenvalue weighted by Gasteiger charge is -2.04. The van der Waals surface area contributed by atoms with Gasteiger partial charge in [-0.25, -0.2) is 0 Å². The Bertz CT molecular complexity index is 324. The Balaban J connectivity index is 2.24. The van der Waals surface area contributed by atoms with E-state index in [1.165, 1.54) is 17.6 Å². The fourth-order valence-corrected chi connectivity index (χ4v) is 1.70. The molecule has 1 rings (SSSR count). The highest BCUT2D eigenvalue weighted by Gasteiger charge is 1.98. The van der Waals surface area contributed by atoms with E-state index in [-0.39, 0.29) is 12.5 Å². The van der Waals surface area contributed by atoms with Gasteiger partial charge in [-0.05, 0) is 36.9 Å². The number of carbonyl (C=O) groups excluding carboxylic acids is 1. The normalized spacial score (nSPS) is 10.1. The molecule has 0 amide bonds. The molecule has 0 aliphatic rings. The number of benzene rings is 1. The van der Waals surface area contributed by atoms with Gasteiger partial charge < -0.3 is 10.1 Å². The number of methoxy groups -OCH3 is 1. The highest BCUT2D eigenvalue weighted by Crippen LogP contribution is 2.14. The van der Waals surface area contributed by atoms with Crippen molar-refractivity contribution in [3.05, 3.63) is 29.8 Å². The van der Waals surface area contributed by atoms with Crippen LogP contribution in [0.25, 0.3) is 0 Å². The van der Waals surface area contributed by atoms with Crippen molar-refractivity contribution < 1.29 is 9.53 Å². The maximum absolute atomic E-state index is 10.8. The molecule has 0 fully saturated rings. The van der Waals surface area contributed by atoms with Gasteiger partial charge in [0, 0.05) is 4.90 Å². The molecule has 88 valence electrons. The van der Waals surface area contributed by atoms with Gasteiger partial charge in [-0.2, -0.15) is 0 Å². The maximum atomic E-state index is 10.8. The SMILES string of the molecule is COC(=O)CNCCc1ccc(SC)cc1. The molecule has 0 unspecified atom stereocenters. The zero-order valence-electron chi connectivity index (χ0n) is 9.66. The lowest BCUT2D eigenvalue weighted by molar-refractivity contribution is -0.139. The summed E-state index contributed by atoms with van der Waals surface area (Å²) in [5.74, 6) is -0.224. The fraction of sp³-hybridized carbons (Fsp3) is 0.417. The fourth-order valence-electron chi connectivity index (χ4n) is 1.29. The molecule has 16 heavy (non-hydrogen) atoms. The standard InChI is InChI=1S/C12H17NO2S/c1-15-12(14)9-13-8-7-10-3-5-11(16-2)6-4-10/h3-6,13H,7-9H2,1-2H3. The molecule has 0 spiro atoms. The van der Waals surface area contributed by atoms with E-state index in [0.717, 1.165) is 13.0 Å². The third kappa shape index (κ3) is 4.68. The van der Waals surface area contributed by atoms with Gasteiger partial charge >= 0.3 is 5.97 Å². The number of hydrogen-bond donors (Lipinski definition) is 1. The first kappa shape index (κ1) is 13.1. The maximum Gasteiger partial charge on any atom is 0.319 e. The van der Waals surface area contributed by atoms with E-state index in [4.69, 9.17) is 0 Å².